The predicted octanol–water partition coefficient (Wildman–Crippen LogP) is 5.32. The van der Waals surface area contributed by atoms with Crippen LogP contribution >= 0.6 is 10.7 Å². The molecule has 2 aromatic carbocycles. The predicted molar refractivity (Wildman–Crippen MR) is 74.9 cm³/mol. The van der Waals surface area contributed by atoms with Gasteiger partial charge in [0.05, 0.1) is 16.0 Å². The van der Waals surface area contributed by atoms with E-state index in [0.29, 0.717) is 12.1 Å². The van der Waals surface area contributed by atoms with Crippen LogP contribution in [0, 0.1) is 0 Å². The summed E-state index contributed by atoms with van der Waals surface area (Å²) < 4.78 is 102. The SMILES string of the molecule is O=S(=O)(Cl)c1cccc(-c2ccccc2C(F)(F)F)c1C(F)(F)F. The molecule has 2 aromatic rings. The van der Waals surface area contributed by atoms with Crippen LogP contribution in [0.5, 0.6) is 0 Å². The van der Waals surface area contributed by atoms with E-state index in [9.17, 15) is 34.8 Å². The molecule has 0 heterocycles. The normalized spacial score (nSPS) is 13.1. The zero-order chi connectivity index (χ0) is 18.3. The van der Waals surface area contributed by atoms with Crippen LogP contribution in [0.15, 0.2) is 47.4 Å². The van der Waals surface area contributed by atoms with E-state index in [4.69, 9.17) is 10.7 Å². The van der Waals surface area contributed by atoms with Crippen molar-refractivity contribution in [2.45, 2.75) is 17.2 Å². The van der Waals surface area contributed by atoms with E-state index in [1.807, 2.05) is 0 Å². The third-order valence-electron chi connectivity index (χ3n) is 3.10. The third kappa shape index (κ3) is 3.67. The number of hydrogen-bond acceptors (Lipinski definition) is 2. The summed E-state index contributed by atoms with van der Waals surface area (Å²) in [6.45, 7) is 0. The maximum atomic E-state index is 13.3. The summed E-state index contributed by atoms with van der Waals surface area (Å²) in [5.74, 6) is 0. The largest absolute Gasteiger partial charge is 0.418 e. The molecule has 0 spiro atoms. The van der Waals surface area contributed by atoms with E-state index >= 15 is 0 Å². The Kier molecular flexibility index (Phi) is 4.62. The molecule has 0 saturated carbocycles. The number of rotatable bonds is 2. The maximum Gasteiger partial charge on any atom is 0.418 e. The van der Waals surface area contributed by atoms with Crippen LogP contribution in [0.1, 0.15) is 11.1 Å². The summed E-state index contributed by atoms with van der Waals surface area (Å²) in [5, 5.41) is 0. The van der Waals surface area contributed by atoms with E-state index in [0.717, 1.165) is 30.3 Å². The lowest BCUT2D eigenvalue weighted by molar-refractivity contribution is -0.140. The van der Waals surface area contributed by atoms with Gasteiger partial charge in [0.2, 0.25) is 0 Å². The maximum absolute atomic E-state index is 13.3. The fourth-order valence-corrected chi connectivity index (χ4v) is 3.31. The minimum atomic E-state index is -5.23. The molecular formula is C14H7ClF6O2S. The monoisotopic (exact) mass is 388 g/mol. The quantitative estimate of drug-likeness (QED) is 0.515. The summed E-state index contributed by atoms with van der Waals surface area (Å²) in [4.78, 5) is -1.30. The minimum absolute atomic E-state index is 0.588. The molecule has 2 rings (SSSR count). The Morgan fingerprint density at radius 3 is 1.79 bits per heavy atom. The van der Waals surface area contributed by atoms with Crippen LogP contribution < -0.4 is 0 Å². The molecule has 0 radical (unpaired) electrons. The minimum Gasteiger partial charge on any atom is -0.207 e. The molecule has 0 aliphatic rings. The molecular weight excluding hydrogens is 382 g/mol. The van der Waals surface area contributed by atoms with Gasteiger partial charge in [-0.05, 0) is 23.3 Å². The van der Waals surface area contributed by atoms with Gasteiger partial charge < -0.3 is 0 Å². The lowest BCUT2D eigenvalue weighted by Crippen LogP contribution is -2.14. The fraction of sp³-hybridized carbons (Fsp3) is 0.143. The smallest absolute Gasteiger partial charge is 0.207 e. The van der Waals surface area contributed by atoms with E-state index in [-0.39, 0.29) is 0 Å². The molecule has 0 amide bonds. The Bertz CT molecular complexity index is 872. The van der Waals surface area contributed by atoms with E-state index in [1.54, 1.807) is 0 Å². The average molecular weight is 389 g/mol. The Morgan fingerprint density at radius 1 is 0.750 bits per heavy atom. The van der Waals surface area contributed by atoms with Crippen molar-refractivity contribution in [1.29, 1.82) is 0 Å². The van der Waals surface area contributed by atoms with Crippen molar-refractivity contribution in [2.75, 3.05) is 0 Å². The summed E-state index contributed by atoms with van der Waals surface area (Å²) >= 11 is 0. The zero-order valence-corrected chi connectivity index (χ0v) is 13.0. The molecule has 24 heavy (non-hydrogen) atoms. The fourth-order valence-electron chi connectivity index (χ4n) is 2.22. The molecule has 10 heteroatoms. The lowest BCUT2D eigenvalue weighted by Gasteiger charge is -2.19. The number of hydrogen-bond donors (Lipinski definition) is 0. The van der Waals surface area contributed by atoms with Gasteiger partial charge in [-0.2, -0.15) is 26.3 Å². The van der Waals surface area contributed by atoms with Gasteiger partial charge in [-0.1, -0.05) is 30.3 Å². The highest BCUT2D eigenvalue weighted by molar-refractivity contribution is 8.13. The molecule has 0 aliphatic heterocycles. The van der Waals surface area contributed by atoms with Gasteiger partial charge >= 0.3 is 12.4 Å². The molecule has 0 unspecified atom stereocenters. The summed E-state index contributed by atoms with van der Waals surface area (Å²) in [5.41, 5.74) is -4.77. The van der Waals surface area contributed by atoms with Crippen LogP contribution in [0.25, 0.3) is 11.1 Å². The second-order valence-corrected chi connectivity index (χ2v) is 7.19. The van der Waals surface area contributed by atoms with Crippen LogP contribution in [-0.4, -0.2) is 8.42 Å². The van der Waals surface area contributed by atoms with Gasteiger partial charge in [-0.25, -0.2) is 8.42 Å². The van der Waals surface area contributed by atoms with Crippen LogP contribution in [-0.2, 0) is 21.4 Å². The van der Waals surface area contributed by atoms with Crippen molar-refractivity contribution < 1.29 is 34.8 Å². The topological polar surface area (TPSA) is 34.1 Å². The van der Waals surface area contributed by atoms with Gasteiger partial charge in [0.1, 0.15) is 0 Å². The van der Waals surface area contributed by atoms with Crippen molar-refractivity contribution >= 4 is 19.7 Å². The first-order valence-electron chi connectivity index (χ1n) is 6.15. The molecule has 0 atom stereocenters. The first kappa shape index (κ1) is 18.6. The molecule has 0 saturated heterocycles. The number of halogens is 7. The highest BCUT2D eigenvalue weighted by Crippen LogP contribution is 2.45. The van der Waals surface area contributed by atoms with Crippen LogP contribution in [0.2, 0.25) is 0 Å². The molecule has 0 fully saturated rings. The highest BCUT2D eigenvalue weighted by Gasteiger charge is 2.41. The summed E-state index contributed by atoms with van der Waals surface area (Å²) in [6, 6.07) is 5.82. The average Bonchev–Trinajstić information content (AvgIpc) is 2.44. The Hall–Kier alpha value is -1.74. The third-order valence-corrected chi connectivity index (χ3v) is 4.46. The van der Waals surface area contributed by atoms with Gasteiger partial charge in [0.15, 0.2) is 0 Å². The van der Waals surface area contributed by atoms with Crippen molar-refractivity contribution in [3.63, 3.8) is 0 Å². The van der Waals surface area contributed by atoms with Crippen LogP contribution in [0.3, 0.4) is 0 Å². The van der Waals surface area contributed by atoms with E-state index < -0.39 is 48.6 Å². The number of benzene rings is 2. The van der Waals surface area contributed by atoms with Crippen molar-refractivity contribution in [3.05, 3.63) is 53.6 Å². The van der Waals surface area contributed by atoms with Gasteiger partial charge in [-0.15, -0.1) is 0 Å². The zero-order valence-electron chi connectivity index (χ0n) is 11.4. The Balaban J connectivity index is 2.93. The summed E-state index contributed by atoms with van der Waals surface area (Å²) in [6.07, 6.45) is -10.2. The first-order valence-corrected chi connectivity index (χ1v) is 8.46. The van der Waals surface area contributed by atoms with Crippen molar-refractivity contribution in [3.8, 4) is 11.1 Å². The van der Waals surface area contributed by atoms with Crippen molar-refractivity contribution in [2.24, 2.45) is 0 Å². The van der Waals surface area contributed by atoms with Crippen LogP contribution in [0.4, 0.5) is 26.3 Å². The lowest BCUT2D eigenvalue weighted by atomic mass is 9.94. The van der Waals surface area contributed by atoms with Gasteiger partial charge in [-0.3, -0.25) is 0 Å². The van der Waals surface area contributed by atoms with Crippen molar-refractivity contribution in [1.82, 2.24) is 0 Å². The number of alkyl halides is 6. The second-order valence-electron chi connectivity index (χ2n) is 4.66. The van der Waals surface area contributed by atoms with E-state index in [1.165, 1.54) is 0 Å². The highest BCUT2D eigenvalue weighted by atomic mass is 35.7. The van der Waals surface area contributed by atoms with Gasteiger partial charge in [0.25, 0.3) is 9.05 Å². The van der Waals surface area contributed by atoms with Gasteiger partial charge in [0, 0.05) is 10.7 Å². The second kappa shape index (κ2) is 5.96. The molecule has 0 aromatic heterocycles. The molecule has 0 bridgehead atoms. The van der Waals surface area contributed by atoms with E-state index in [2.05, 4.69) is 0 Å². The Morgan fingerprint density at radius 2 is 1.29 bits per heavy atom. The molecule has 2 nitrogen and oxygen atoms in total. The Labute approximate surface area is 137 Å². The molecule has 130 valence electrons. The first-order chi connectivity index (χ1) is 10.8. The molecule has 0 N–H and O–H groups in total. The molecule has 0 aliphatic carbocycles. The summed E-state index contributed by atoms with van der Waals surface area (Å²) in [7, 11) is 0.184. The standard InChI is InChI=1S/C14H7ClF6O2S/c15-24(22,23)11-7-3-5-9(12(11)14(19,20)21)8-4-1-2-6-10(8)13(16,17)18/h1-7H.